The van der Waals surface area contributed by atoms with Crippen molar-refractivity contribution in [3.05, 3.63) is 0 Å². The molecule has 5 heteroatoms. The van der Waals surface area contributed by atoms with Gasteiger partial charge in [0.1, 0.15) is 6.79 Å². The van der Waals surface area contributed by atoms with Crippen LogP contribution in [0.25, 0.3) is 0 Å². The molecular formula is C9H17NO4. The Balaban J connectivity index is 2.43. The smallest absolute Gasteiger partial charge is 0.219 e. The summed E-state index contributed by atoms with van der Waals surface area (Å²) < 4.78 is 10.1. The quantitative estimate of drug-likeness (QED) is 0.631. The van der Waals surface area contributed by atoms with Crippen molar-refractivity contribution < 1.29 is 19.4 Å². The Bertz CT molecular complexity index is 197. The van der Waals surface area contributed by atoms with Crippen LogP contribution in [0.5, 0.6) is 0 Å². The van der Waals surface area contributed by atoms with E-state index in [-0.39, 0.29) is 31.5 Å². The molecule has 14 heavy (non-hydrogen) atoms. The maximum Gasteiger partial charge on any atom is 0.219 e. The van der Waals surface area contributed by atoms with Crippen molar-refractivity contribution >= 4 is 5.91 Å². The van der Waals surface area contributed by atoms with Gasteiger partial charge in [-0.25, -0.2) is 0 Å². The summed E-state index contributed by atoms with van der Waals surface area (Å²) in [6.45, 7) is 2.27. The molecule has 1 N–H and O–H groups in total. The van der Waals surface area contributed by atoms with E-state index in [1.165, 1.54) is 6.92 Å². The van der Waals surface area contributed by atoms with Crippen LogP contribution in [0.2, 0.25) is 0 Å². The van der Waals surface area contributed by atoms with Crippen molar-refractivity contribution in [2.24, 2.45) is 0 Å². The Morgan fingerprint density at radius 1 is 1.64 bits per heavy atom. The fourth-order valence-electron chi connectivity index (χ4n) is 1.72. The highest BCUT2D eigenvalue weighted by Crippen LogP contribution is 2.19. The second-order valence-corrected chi connectivity index (χ2v) is 3.44. The average molecular weight is 203 g/mol. The van der Waals surface area contributed by atoms with Crippen LogP contribution in [0.3, 0.4) is 0 Å². The first-order chi connectivity index (χ1) is 6.69. The fourth-order valence-corrected chi connectivity index (χ4v) is 1.72. The Kier molecular flexibility index (Phi) is 4.31. The van der Waals surface area contributed by atoms with Crippen LogP contribution in [0.1, 0.15) is 13.3 Å². The second kappa shape index (κ2) is 5.29. The first-order valence-corrected chi connectivity index (χ1v) is 4.67. The number of rotatable bonds is 4. The molecule has 1 fully saturated rings. The fraction of sp³-hybridized carbons (Fsp3) is 0.889. The second-order valence-electron chi connectivity index (χ2n) is 3.44. The van der Waals surface area contributed by atoms with Crippen LogP contribution in [0.15, 0.2) is 0 Å². The van der Waals surface area contributed by atoms with E-state index in [2.05, 4.69) is 0 Å². The Labute approximate surface area is 83.6 Å². The molecule has 0 aromatic rings. The molecule has 1 amide bonds. The van der Waals surface area contributed by atoms with E-state index in [9.17, 15) is 4.79 Å². The summed E-state index contributed by atoms with van der Waals surface area (Å²) in [5.41, 5.74) is 0. The predicted molar refractivity (Wildman–Crippen MR) is 49.6 cm³/mol. The topological polar surface area (TPSA) is 59.0 Å². The first-order valence-electron chi connectivity index (χ1n) is 4.67. The SMILES string of the molecule is COCOC1CC(CO)N(C(C)=O)C1. The van der Waals surface area contributed by atoms with Gasteiger partial charge in [-0.2, -0.15) is 0 Å². The Hall–Kier alpha value is -0.650. The van der Waals surface area contributed by atoms with Gasteiger partial charge in [-0.05, 0) is 6.42 Å². The zero-order valence-electron chi connectivity index (χ0n) is 8.60. The average Bonchev–Trinajstić information content (AvgIpc) is 2.57. The van der Waals surface area contributed by atoms with Gasteiger partial charge in [0.25, 0.3) is 0 Å². The number of hydrogen-bond donors (Lipinski definition) is 1. The number of hydrogen-bond acceptors (Lipinski definition) is 4. The summed E-state index contributed by atoms with van der Waals surface area (Å²) in [6.07, 6.45) is 0.662. The number of nitrogens with zero attached hydrogens (tertiary/aromatic N) is 1. The molecule has 1 aliphatic rings. The standard InChI is InChI=1S/C9H17NO4/c1-7(12)10-4-9(14-6-13-2)3-8(10)5-11/h8-9,11H,3-6H2,1-2H3. The zero-order chi connectivity index (χ0) is 10.6. The molecule has 0 radical (unpaired) electrons. The van der Waals surface area contributed by atoms with Gasteiger partial charge in [0.15, 0.2) is 0 Å². The number of methoxy groups -OCH3 is 1. The minimum Gasteiger partial charge on any atom is -0.394 e. The number of aliphatic hydroxyl groups is 1. The number of amides is 1. The molecule has 2 unspecified atom stereocenters. The summed E-state index contributed by atoms with van der Waals surface area (Å²) in [6, 6.07) is -0.102. The molecule has 1 heterocycles. The van der Waals surface area contributed by atoms with E-state index in [4.69, 9.17) is 14.6 Å². The lowest BCUT2D eigenvalue weighted by Crippen LogP contribution is -2.36. The number of ether oxygens (including phenoxy) is 2. The van der Waals surface area contributed by atoms with Gasteiger partial charge in [-0.15, -0.1) is 0 Å². The molecule has 0 saturated carbocycles. The number of aliphatic hydroxyl groups excluding tert-OH is 1. The van der Waals surface area contributed by atoms with Gasteiger partial charge < -0.3 is 19.5 Å². The Morgan fingerprint density at radius 3 is 2.79 bits per heavy atom. The molecule has 0 aromatic heterocycles. The van der Waals surface area contributed by atoms with Crippen molar-refractivity contribution in [2.45, 2.75) is 25.5 Å². The molecule has 1 aliphatic heterocycles. The van der Waals surface area contributed by atoms with Crippen LogP contribution in [0, 0.1) is 0 Å². The lowest BCUT2D eigenvalue weighted by molar-refractivity contribution is -0.131. The third-order valence-electron chi connectivity index (χ3n) is 2.41. The van der Waals surface area contributed by atoms with Crippen molar-refractivity contribution in [3.8, 4) is 0 Å². The largest absolute Gasteiger partial charge is 0.394 e. The van der Waals surface area contributed by atoms with Crippen LogP contribution in [-0.2, 0) is 14.3 Å². The third-order valence-corrected chi connectivity index (χ3v) is 2.41. The highest BCUT2D eigenvalue weighted by Gasteiger charge is 2.33. The molecule has 0 spiro atoms. The minimum atomic E-state index is -0.102. The third kappa shape index (κ3) is 2.67. The van der Waals surface area contributed by atoms with Gasteiger partial charge in [0, 0.05) is 20.6 Å². The highest BCUT2D eigenvalue weighted by molar-refractivity contribution is 5.74. The van der Waals surface area contributed by atoms with E-state index in [0.717, 1.165) is 0 Å². The van der Waals surface area contributed by atoms with Crippen LogP contribution < -0.4 is 0 Å². The number of likely N-dealkylation sites (tertiary alicyclic amines) is 1. The van der Waals surface area contributed by atoms with Crippen LogP contribution in [-0.4, -0.2) is 55.1 Å². The lowest BCUT2D eigenvalue weighted by atomic mass is 10.2. The molecule has 5 nitrogen and oxygen atoms in total. The van der Waals surface area contributed by atoms with E-state index in [0.29, 0.717) is 13.0 Å². The summed E-state index contributed by atoms with van der Waals surface area (Å²) in [4.78, 5) is 12.8. The summed E-state index contributed by atoms with van der Waals surface area (Å²) in [5.74, 6) is -0.0208. The molecule has 0 bridgehead atoms. The minimum absolute atomic E-state index is 0.00752. The van der Waals surface area contributed by atoms with Crippen molar-refractivity contribution in [1.82, 2.24) is 4.90 Å². The van der Waals surface area contributed by atoms with E-state index < -0.39 is 0 Å². The first kappa shape index (κ1) is 11.4. The molecule has 1 rings (SSSR count). The monoisotopic (exact) mass is 203 g/mol. The molecule has 82 valence electrons. The highest BCUT2D eigenvalue weighted by atomic mass is 16.7. The predicted octanol–water partition coefficient (Wildman–Crippen LogP) is -0.411. The van der Waals surface area contributed by atoms with Gasteiger partial charge in [0.2, 0.25) is 5.91 Å². The molecule has 0 aliphatic carbocycles. The van der Waals surface area contributed by atoms with Crippen molar-refractivity contribution in [2.75, 3.05) is 27.1 Å². The summed E-state index contributed by atoms with van der Waals surface area (Å²) in [5, 5.41) is 9.05. The van der Waals surface area contributed by atoms with Gasteiger partial charge in [-0.3, -0.25) is 4.79 Å². The Morgan fingerprint density at radius 2 is 2.36 bits per heavy atom. The van der Waals surface area contributed by atoms with Crippen molar-refractivity contribution in [3.63, 3.8) is 0 Å². The van der Waals surface area contributed by atoms with Gasteiger partial charge >= 0.3 is 0 Å². The molecule has 2 atom stereocenters. The normalized spacial score (nSPS) is 26.9. The van der Waals surface area contributed by atoms with Gasteiger partial charge in [-0.1, -0.05) is 0 Å². The van der Waals surface area contributed by atoms with Gasteiger partial charge in [0.05, 0.1) is 18.8 Å². The maximum atomic E-state index is 11.2. The molecular weight excluding hydrogens is 186 g/mol. The molecule has 1 saturated heterocycles. The van der Waals surface area contributed by atoms with E-state index >= 15 is 0 Å². The lowest BCUT2D eigenvalue weighted by Gasteiger charge is -2.20. The number of carbonyl (C=O) groups is 1. The van der Waals surface area contributed by atoms with Crippen LogP contribution >= 0.6 is 0 Å². The van der Waals surface area contributed by atoms with E-state index in [1.807, 2.05) is 0 Å². The maximum absolute atomic E-state index is 11.2. The summed E-state index contributed by atoms with van der Waals surface area (Å²) >= 11 is 0. The number of carbonyl (C=O) groups excluding carboxylic acids is 1. The zero-order valence-corrected chi connectivity index (χ0v) is 8.60. The van der Waals surface area contributed by atoms with Crippen molar-refractivity contribution in [1.29, 1.82) is 0 Å². The van der Waals surface area contributed by atoms with Crippen LogP contribution in [0.4, 0.5) is 0 Å². The summed E-state index contributed by atoms with van der Waals surface area (Å²) in [7, 11) is 1.56. The molecule has 0 aromatic carbocycles. The van der Waals surface area contributed by atoms with E-state index in [1.54, 1.807) is 12.0 Å².